The van der Waals surface area contributed by atoms with Gasteiger partial charge in [0.15, 0.2) is 0 Å². The molecule has 0 aliphatic heterocycles. The van der Waals surface area contributed by atoms with Gasteiger partial charge in [0.25, 0.3) is 0 Å². The van der Waals surface area contributed by atoms with E-state index in [2.05, 4.69) is 38.0 Å². The molecule has 0 spiro atoms. The van der Waals surface area contributed by atoms with Crippen molar-refractivity contribution in [3.05, 3.63) is 35.9 Å². The van der Waals surface area contributed by atoms with Crippen molar-refractivity contribution in [1.29, 1.82) is 0 Å². The van der Waals surface area contributed by atoms with Crippen LogP contribution in [0, 0.1) is 12.8 Å². The molecule has 1 aromatic carbocycles. The van der Waals surface area contributed by atoms with Crippen molar-refractivity contribution >= 4 is 5.82 Å². The van der Waals surface area contributed by atoms with Crippen LogP contribution in [0.4, 0.5) is 5.82 Å². The summed E-state index contributed by atoms with van der Waals surface area (Å²) in [5.74, 6) is 1.41. The highest BCUT2D eigenvalue weighted by Crippen LogP contribution is 2.23. The van der Waals surface area contributed by atoms with Crippen LogP contribution in [-0.4, -0.2) is 9.78 Å². The van der Waals surface area contributed by atoms with Crippen LogP contribution in [0.25, 0.3) is 11.3 Å². The van der Waals surface area contributed by atoms with Gasteiger partial charge in [-0.05, 0) is 24.8 Å². The number of anilines is 1. The van der Waals surface area contributed by atoms with Crippen LogP contribution in [0.2, 0.25) is 0 Å². The minimum Gasteiger partial charge on any atom is -0.384 e. The van der Waals surface area contributed by atoms with Gasteiger partial charge in [-0.3, -0.25) is 0 Å². The third-order valence-electron chi connectivity index (χ3n) is 3.15. The SMILES string of the molecule is Cc1ccccc1-c1cc(N)n(CCC(C)C)n1. The van der Waals surface area contributed by atoms with E-state index in [0.29, 0.717) is 5.92 Å². The largest absolute Gasteiger partial charge is 0.384 e. The molecular weight excluding hydrogens is 222 g/mol. The molecule has 0 radical (unpaired) electrons. The fraction of sp³-hybridized carbons (Fsp3) is 0.400. The van der Waals surface area contributed by atoms with E-state index < -0.39 is 0 Å². The summed E-state index contributed by atoms with van der Waals surface area (Å²) < 4.78 is 1.90. The quantitative estimate of drug-likeness (QED) is 0.893. The lowest BCUT2D eigenvalue weighted by Gasteiger charge is -2.06. The highest BCUT2D eigenvalue weighted by atomic mass is 15.3. The van der Waals surface area contributed by atoms with E-state index in [4.69, 9.17) is 5.73 Å². The average molecular weight is 243 g/mol. The molecule has 0 saturated heterocycles. The van der Waals surface area contributed by atoms with E-state index in [9.17, 15) is 0 Å². The van der Waals surface area contributed by atoms with Crippen molar-refractivity contribution in [1.82, 2.24) is 9.78 Å². The van der Waals surface area contributed by atoms with Crippen LogP contribution in [-0.2, 0) is 6.54 Å². The standard InChI is InChI=1S/C15H21N3/c1-11(2)8-9-18-15(16)10-14(17-18)13-7-5-4-6-12(13)3/h4-7,10-11H,8-9,16H2,1-3H3. The molecule has 0 aliphatic rings. The summed E-state index contributed by atoms with van der Waals surface area (Å²) in [6.07, 6.45) is 1.10. The third-order valence-corrected chi connectivity index (χ3v) is 3.15. The number of benzene rings is 1. The Morgan fingerprint density at radius 1 is 1.28 bits per heavy atom. The second-order valence-corrected chi connectivity index (χ2v) is 5.18. The highest BCUT2D eigenvalue weighted by Gasteiger charge is 2.09. The summed E-state index contributed by atoms with van der Waals surface area (Å²) in [6, 6.07) is 10.2. The average Bonchev–Trinajstić information content (AvgIpc) is 2.68. The number of nitrogens with zero attached hydrogens (tertiary/aromatic N) is 2. The minimum atomic E-state index is 0.663. The number of nitrogens with two attached hydrogens (primary N) is 1. The first-order valence-corrected chi connectivity index (χ1v) is 6.47. The summed E-state index contributed by atoms with van der Waals surface area (Å²) in [4.78, 5) is 0. The maximum atomic E-state index is 6.02. The van der Waals surface area contributed by atoms with E-state index in [1.807, 2.05) is 22.9 Å². The molecule has 0 amide bonds. The van der Waals surface area contributed by atoms with Gasteiger partial charge in [-0.25, -0.2) is 4.68 Å². The third kappa shape index (κ3) is 2.73. The van der Waals surface area contributed by atoms with Crippen molar-refractivity contribution < 1.29 is 0 Å². The number of aromatic nitrogens is 2. The molecular formula is C15H21N3. The number of rotatable bonds is 4. The van der Waals surface area contributed by atoms with Crippen molar-refractivity contribution in [2.45, 2.75) is 33.7 Å². The Hall–Kier alpha value is -1.77. The fourth-order valence-corrected chi connectivity index (χ4v) is 1.98. The fourth-order valence-electron chi connectivity index (χ4n) is 1.98. The van der Waals surface area contributed by atoms with E-state index in [1.165, 1.54) is 5.56 Å². The maximum Gasteiger partial charge on any atom is 0.122 e. The van der Waals surface area contributed by atoms with E-state index in [0.717, 1.165) is 30.0 Å². The monoisotopic (exact) mass is 243 g/mol. The summed E-state index contributed by atoms with van der Waals surface area (Å²) in [6.45, 7) is 7.40. The molecule has 2 N–H and O–H groups in total. The first kappa shape index (κ1) is 12.7. The molecule has 1 heterocycles. The number of hydrogen-bond acceptors (Lipinski definition) is 2. The van der Waals surface area contributed by atoms with Gasteiger partial charge in [0, 0.05) is 18.2 Å². The van der Waals surface area contributed by atoms with Gasteiger partial charge in [0.2, 0.25) is 0 Å². The normalized spacial score (nSPS) is 11.1. The Morgan fingerprint density at radius 3 is 2.67 bits per heavy atom. The first-order chi connectivity index (χ1) is 8.58. The lowest BCUT2D eigenvalue weighted by Crippen LogP contribution is -2.06. The van der Waals surface area contributed by atoms with Crippen molar-refractivity contribution in [2.24, 2.45) is 5.92 Å². The second-order valence-electron chi connectivity index (χ2n) is 5.18. The number of nitrogen functional groups attached to an aromatic ring is 1. The molecule has 18 heavy (non-hydrogen) atoms. The van der Waals surface area contributed by atoms with Crippen molar-refractivity contribution in [3.8, 4) is 11.3 Å². The predicted octanol–water partition coefficient (Wildman–Crippen LogP) is 3.49. The molecule has 0 unspecified atom stereocenters. The van der Waals surface area contributed by atoms with Gasteiger partial charge in [0.05, 0.1) is 5.69 Å². The van der Waals surface area contributed by atoms with Crippen LogP contribution >= 0.6 is 0 Å². The van der Waals surface area contributed by atoms with Crippen LogP contribution in [0.1, 0.15) is 25.8 Å². The molecule has 1 aromatic heterocycles. The summed E-state index contributed by atoms with van der Waals surface area (Å²) >= 11 is 0. The lowest BCUT2D eigenvalue weighted by molar-refractivity contribution is 0.492. The summed E-state index contributed by atoms with van der Waals surface area (Å²) in [5.41, 5.74) is 9.37. The molecule has 96 valence electrons. The Kier molecular flexibility index (Phi) is 3.70. The molecule has 0 aliphatic carbocycles. The minimum absolute atomic E-state index is 0.663. The Balaban J connectivity index is 2.26. The van der Waals surface area contributed by atoms with Gasteiger partial charge in [-0.15, -0.1) is 0 Å². The zero-order valence-electron chi connectivity index (χ0n) is 11.4. The molecule has 0 saturated carbocycles. The molecule has 0 atom stereocenters. The van der Waals surface area contributed by atoms with Crippen LogP contribution in [0.15, 0.2) is 30.3 Å². The van der Waals surface area contributed by atoms with Crippen LogP contribution in [0.3, 0.4) is 0 Å². The molecule has 2 rings (SSSR count). The summed E-state index contributed by atoms with van der Waals surface area (Å²) in [5, 5.41) is 4.60. The molecule has 0 fully saturated rings. The number of aryl methyl sites for hydroxylation is 2. The van der Waals surface area contributed by atoms with Crippen molar-refractivity contribution in [3.63, 3.8) is 0 Å². The topological polar surface area (TPSA) is 43.8 Å². The van der Waals surface area contributed by atoms with Gasteiger partial charge < -0.3 is 5.73 Å². The van der Waals surface area contributed by atoms with Crippen LogP contribution < -0.4 is 5.73 Å². The lowest BCUT2D eigenvalue weighted by atomic mass is 10.1. The van der Waals surface area contributed by atoms with Gasteiger partial charge >= 0.3 is 0 Å². The molecule has 3 heteroatoms. The van der Waals surface area contributed by atoms with Crippen LogP contribution in [0.5, 0.6) is 0 Å². The smallest absolute Gasteiger partial charge is 0.122 e. The Labute approximate surface area is 109 Å². The molecule has 3 nitrogen and oxygen atoms in total. The second kappa shape index (κ2) is 5.25. The van der Waals surface area contributed by atoms with E-state index >= 15 is 0 Å². The first-order valence-electron chi connectivity index (χ1n) is 6.47. The zero-order chi connectivity index (χ0) is 13.1. The van der Waals surface area contributed by atoms with E-state index in [1.54, 1.807) is 0 Å². The van der Waals surface area contributed by atoms with Gasteiger partial charge in [-0.1, -0.05) is 38.1 Å². The Bertz CT molecular complexity index is 526. The maximum absolute atomic E-state index is 6.02. The van der Waals surface area contributed by atoms with Gasteiger partial charge in [-0.2, -0.15) is 5.10 Å². The predicted molar refractivity (Wildman–Crippen MR) is 76.3 cm³/mol. The molecule has 2 aromatic rings. The highest BCUT2D eigenvalue weighted by molar-refractivity contribution is 5.65. The van der Waals surface area contributed by atoms with E-state index in [-0.39, 0.29) is 0 Å². The summed E-state index contributed by atoms with van der Waals surface area (Å²) in [7, 11) is 0. The van der Waals surface area contributed by atoms with Gasteiger partial charge in [0.1, 0.15) is 5.82 Å². The molecule has 0 bridgehead atoms. The zero-order valence-corrected chi connectivity index (χ0v) is 11.4. The Morgan fingerprint density at radius 2 is 2.00 bits per heavy atom. The van der Waals surface area contributed by atoms with Crippen molar-refractivity contribution in [2.75, 3.05) is 5.73 Å². The number of hydrogen-bond donors (Lipinski definition) is 1.